The lowest BCUT2D eigenvalue weighted by molar-refractivity contribution is -0.0982. The Hall–Kier alpha value is -1.08. The van der Waals surface area contributed by atoms with Crippen LogP contribution < -0.4 is 5.46 Å². The van der Waals surface area contributed by atoms with Gasteiger partial charge in [-0.3, -0.25) is 4.79 Å². The van der Waals surface area contributed by atoms with E-state index in [1.165, 1.54) is 6.07 Å². The number of rotatable bonds is 6. The number of carbonyl (C=O) groups excluding carboxylic acids is 1. The molecule has 24 heavy (non-hydrogen) atoms. The lowest BCUT2D eigenvalue weighted by Crippen LogP contribution is -2.53. The van der Waals surface area contributed by atoms with Gasteiger partial charge in [0.15, 0.2) is 0 Å². The Kier molecular flexibility index (Phi) is 5.35. The molecule has 0 spiro atoms. The van der Waals surface area contributed by atoms with Gasteiger partial charge in [0.2, 0.25) is 0 Å². The molecule has 1 saturated carbocycles. The zero-order valence-electron chi connectivity index (χ0n) is 14.8. The minimum absolute atomic E-state index is 0.124. The van der Waals surface area contributed by atoms with E-state index in [0.717, 1.165) is 12.8 Å². The van der Waals surface area contributed by atoms with Gasteiger partial charge in [0.1, 0.15) is 0 Å². The maximum absolute atomic E-state index is 12.4. The van der Waals surface area contributed by atoms with Crippen molar-refractivity contribution in [2.24, 2.45) is 0 Å². The molecule has 0 saturated heterocycles. The molecule has 1 fully saturated rings. The fourth-order valence-electron chi connectivity index (χ4n) is 2.17. The SMILES string of the molecule is CN(C(=O)c1ccc(B(O)OC(C)(C)C(C)(C)O)cc1Cl)C1CC1. The van der Waals surface area contributed by atoms with Crippen molar-refractivity contribution in [1.29, 1.82) is 0 Å². The fraction of sp³-hybridized carbons (Fsp3) is 0.588. The van der Waals surface area contributed by atoms with Gasteiger partial charge in [0.05, 0.1) is 21.8 Å². The molecule has 0 aliphatic heterocycles. The summed E-state index contributed by atoms with van der Waals surface area (Å²) >= 11 is 6.24. The average Bonchev–Trinajstić information content (AvgIpc) is 3.28. The van der Waals surface area contributed by atoms with Crippen LogP contribution >= 0.6 is 11.6 Å². The van der Waals surface area contributed by atoms with E-state index in [1.54, 1.807) is 51.8 Å². The molecule has 1 aliphatic carbocycles. The molecule has 1 amide bonds. The Bertz CT molecular complexity index is 626. The molecule has 7 heteroatoms. The van der Waals surface area contributed by atoms with Crippen LogP contribution in [0.5, 0.6) is 0 Å². The van der Waals surface area contributed by atoms with E-state index in [0.29, 0.717) is 17.1 Å². The molecule has 0 bridgehead atoms. The zero-order valence-corrected chi connectivity index (χ0v) is 15.6. The summed E-state index contributed by atoms with van der Waals surface area (Å²) in [6.07, 6.45) is 2.05. The molecule has 5 nitrogen and oxygen atoms in total. The largest absolute Gasteiger partial charge is 0.491 e. The molecule has 1 aliphatic rings. The molecule has 1 aromatic carbocycles. The van der Waals surface area contributed by atoms with Crippen molar-refractivity contribution in [2.75, 3.05) is 7.05 Å². The van der Waals surface area contributed by atoms with E-state index in [1.807, 2.05) is 0 Å². The monoisotopic (exact) mass is 353 g/mol. The van der Waals surface area contributed by atoms with Crippen LogP contribution in [0.2, 0.25) is 5.02 Å². The van der Waals surface area contributed by atoms with Crippen molar-refractivity contribution in [1.82, 2.24) is 4.90 Å². The highest BCUT2D eigenvalue weighted by Crippen LogP contribution is 2.28. The van der Waals surface area contributed by atoms with Crippen LogP contribution in [-0.4, -0.2) is 52.3 Å². The van der Waals surface area contributed by atoms with Crippen LogP contribution in [-0.2, 0) is 4.65 Å². The van der Waals surface area contributed by atoms with E-state index in [2.05, 4.69) is 0 Å². The van der Waals surface area contributed by atoms with Crippen LogP contribution in [0, 0.1) is 0 Å². The second-order valence-corrected chi connectivity index (χ2v) is 7.83. The van der Waals surface area contributed by atoms with Crippen LogP contribution in [0.15, 0.2) is 18.2 Å². The molecule has 132 valence electrons. The van der Waals surface area contributed by atoms with Gasteiger partial charge in [-0.05, 0) is 58.1 Å². The minimum Gasteiger partial charge on any atom is -0.423 e. The lowest BCUT2D eigenvalue weighted by Gasteiger charge is -2.38. The van der Waals surface area contributed by atoms with Gasteiger partial charge in [-0.25, -0.2) is 0 Å². The van der Waals surface area contributed by atoms with Gasteiger partial charge in [-0.15, -0.1) is 0 Å². The summed E-state index contributed by atoms with van der Waals surface area (Å²) in [5, 5.41) is 20.7. The fourth-order valence-corrected chi connectivity index (χ4v) is 2.44. The molecule has 0 heterocycles. The molecule has 0 aromatic heterocycles. The number of hydrogen-bond acceptors (Lipinski definition) is 4. The van der Waals surface area contributed by atoms with Crippen LogP contribution in [0.4, 0.5) is 0 Å². The van der Waals surface area contributed by atoms with Crippen molar-refractivity contribution >= 4 is 30.1 Å². The quantitative estimate of drug-likeness (QED) is 0.766. The Morgan fingerprint density at radius 2 is 1.92 bits per heavy atom. The molecular weight excluding hydrogens is 328 g/mol. The highest BCUT2D eigenvalue weighted by molar-refractivity contribution is 6.60. The number of aliphatic hydroxyl groups is 1. The van der Waals surface area contributed by atoms with Crippen LogP contribution in [0.3, 0.4) is 0 Å². The van der Waals surface area contributed by atoms with Crippen molar-refractivity contribution < 1.29 is 19.6 Å². The molecule has 1 aromatic rings. The lowest BCUT2D eigenvalue weighted by atomic mass is 9.76. The first-order valence-corrected chi connectivity index (χ1v) is 8.46. The second kappa shape index (κ2) is 6.67. The maximum atomic E-state index is 12.4. The van der Waals surface area contributed by atoms with Gasteiger partial charge >= 0.3 is 7.12 Å². The summed E-state index contributed by atoms with van der Waals surface area (Å²) in [7, 11) is 0.517. The zero-order chi connectivity index (χ0) is 18.3. The molecule has 2 rings (SSSR count). The van der Waals surface area contributed by atoms with Gasteiger partial charge in [-0.2, -0.15) is 0 Å². The third kappa shape index (κ3) is 4.12. The summed E-state index contributed by atoms with van der Waals surface area (Å²) in [4.78, 5) is 14.1. The highest BCUT2D eigenvalue weighted by Gasteiger charge is 2.39. The number of halogens is 1. The average molecular weight is 354 g/mol. The predicted octanol–water partition coefficient (Wildman–Crippen LogP) is 1.83. The van der Waals surface area contributed by atoms with E-state index >= 15 is 0 Å². The number of amides is 1. The van der Waals surface area contributed by atoms with Gasteiger partial charge < -0.3 is 19.7 Å². The first kappa shape index (κ1) is 19.3. The summed E-state index contributed by atoms with van der Waals surface area (Å²) in [6.45, 7) is 6.62. The number of carbonyl (C=O) groups is 1. The molecule has 0 unspecified atom stereocenters. The molecule has 2 N–H and O–H groups in total. The smallest absolute Gasteiger partial charge is 0.423 e. The normalized spacial score (nSPS) is 15.3. The first-order chi connectivity index (χ1) is 10.9. The first-order valence-electron chi connectivity index (χ1n) is 8.09. The van der Waals surface area contributed by atoms with Gasteiger partial charge in [-0.1, -0.05) is 17.7 Å². The molecular formula is C17H25BClNO4. The Balaban J connectivity index is 2.15. The summed E-state index contributed by atoms with van der Waals surface area (Å²) in [6, 6.07) is 5.04. The van der Waals surface area contributed by atoms with Crippen molar-refractivity contribution in [3.05, 3.63) is 28.8 Å². The Morgan fingerprint density at radius 1 is 1.33 bits per heavy atom. The third-order valence-corrected chi connectivity index (χ3v) is 5.12. The molecule has 0 radical (unpaired) electrons. The summed E-state index contributed by atoms with van der Waals surface area (Å²) in [5.41, 5.74) is -1.27. The predicted molar refractivity (Wildman–Crippen MR) is 95.6 cm³/mol. The van der Waals surface area contributed by atoms with E-state index in [4.69, 9.17) is 16.3 Å². The third-order valence-electron chi connectivity index (χ3n) is 4.80. The van der Waals surface area contributed by atoms with Gasteiger partial charge in [0.25, 0.3) is 5.91 Å². The number of benzene rings is 1. The standard InChI is InChI=1S/C17H25BClNO4/c1-16(2,22)17(3,4)24-18(23)11-6-9-13(14(19)10-11)15(21)20(5)12-7-8-12/h6,9-10,12,22-23H,7-8H2,1-5H3. The number of nitrogens with zero attached hydrogens (tertiary/aromatic N) is 1. The van der Waals surface area contributed by atoms with Crippen molar-refractivity contribution in [3.63, 3.8) is 0 Å². The minimum atomic E-state index is -1.26. The number of hydrogen-bond donors (Lipinski definition) is 2. The topological polar surface area (TPSA) is 70.0 Å². The van der Waals surface area contributed by atoms with Gasteiger partial charge in [0, 0.05) is 13.1 Å². The second-order valence-electron chi connectivity index (χ2n) is 7.43. The van der Waals surface area contributed by atoms with E-state index < -0.39 is 18.3 Å². The van der Waals surface area contributed by atoms with E-state index in [-0.39, 0.29) is 10.9 Å². The Morgan fingerprint density at radius 3 is 2.38 bits per heavy atom. The highest BCUT2D eigenvalue weighted by atomic mass is 35.5. The van der Waals surface area contributed by atoms with Crippen molar-refractivity contribution in [2.45, 2.75) is 57.8 Å². The van der Waals surface area contributed by atoms with E-state index in [9.17, 15) is 14.9 Å². The van der Waals surface area contributed by atoms with Crippen molar-refractivity contribution in [3.8, 4) is 0 Å². The Labute approximate surface area is 148 Å². The van der Waals surface area contributed by atoms with Crippen LogP contribution in [0.1, 0.15) is 50.9 Å². The summed E-state index contributed by atoms with van der Waals surface area (Å²) in [5.74, 6) is -0.124. The molecule has 0 atom stereocenters. The van der Waals surface area contributed by atoms with Crippen LogP contribution in [0.25, 0.3) is 0 Å². The summed E-state index contributed by atoms with van der Waals surface area (Å²) < 4.78 is 5.59. The maximum Gasteiger partial charge on any atom is 0.491 e.